The second kappa shape index (κ2) is 3.52. The van der Waals surface area contributed by atoms with Gasteiger partial charge in [-0.25, -0.2) is 0 Å². The van der Waals surface area contributed by atoms with E-state index in [4.69, 9.17) is 0 Å². The van der Waals surface area contributed by atoms with Gasteiger partial charge in [0, 0.05) is 25.2 Å². The van der Waals surface area contributed by atoms with Crippen LogP contribution in [0.3, 0.4) is 0 Å². The molecule has 0 unspecified atom stereocenters. The molecule has 0 aliphatic carbocycles. The van der Waals surface area contributed by atoms with Gasteiger partial charge in [-0.05, 0) is 25.9 Å². The first kappa shape index (κ1) is 7.53. The van der Waals surface area contributed by atoms with Crippen LogP contribution in [0.2, 0.25) is 0 Å². The van der Waals surface area contributed by atoms with E-state index in [2.05, 4.69) is 16.0 Å². The molecule has 3 N–H and O–H groups in total. The summed E-state index contributed by atoms with van der Waals surface area (Å²) in [5, 5.41) is 10.3. The van der Waals surface area contributed by atoms with E-state index in [-0.39, 0.29) is 0 Å². The number of rotatable bonds is 2. The molecule has 3 nitrogen and oxygen atoms in total. The Hall–Kier alpha value is -0.120. The molecule has 0 radical (unpaired) electrons. The van der Waals surface area contributed by atoms with Gasteiger partial charge in [0.15, 0.2) is 0 Å². The summed E-state index contributed by atoms with van der Waals surface area (Å²) in [4.78, 5) is 0. The highest BCUT2D eigenvalue weighted by Crippen LogP contribution is 2.04. The van der Waals surface area contributed by atoms with Gasteiger partial charge in [0.25, 0.3) is 0 Å². The van der Waals surface area contributed by atoms with Crippen LogP contribution in [0, 0.1) is 0 Å². The molecule has 11 heavy (non-hydrogen) atoms. The molecule has 3 heteroatoms. The summed E-state index contributed by atoms with van der Waals surface area (Å²) in [5.41, 5.74) is 0. The Morgan fingerprint density at radius 3 is 2.18 bits per heavy atom. The Labute approximate surface area is 67.9 Å². The lowest BCUT2D eigenvalue weighted by molar-refractivity contribution is 0.290. The third-order valence-corrected chi connectivity index (χ3v) is 2.59. The average molecular weight is 155 g/mol. The molecule has 0 aromatic rings. The molecule has 0 atom stereocenters. The first-order chi connectivity index (χ1) is 5.45. The van der Waals surface area contributed by atoms with Gasteiger partial charge >= 0.3 is 0 Å². The summed E-state index contributed by atoms with van der Waals surface area (Å²) in [6.07, 6.45) is 2.60. The maximum atomic E-state index is 3.65. The van der Waals surface area contributed by atoms with Crippen LogP contribution in [-0.2, 0) is 0 Å². The van der Waals surface area contributed by atoms with E-state index in [1.807, 2.05) is 0 Å². The minimum atomic E-state index is 0.762. The topological polar surface area (TPSA) is 36.1 Å². The number of piperidine rings is 1. The van der Waals surface area contributed by atoms with E-state index in [0.29, 0.717) is 0 Å². The predicted molar refractivity (Wildman–Crippen MR) is 45.7 cm³/mol. The van der Waals surface area contributed by atoms with Crippen molar-refractivity contribution >= 4 is 0 Å². The van der Waals surface area contributed by atoms with Crippen LogP contribution < -0.4 is 16.0 Å². The second-order valence-corrected chi connectivity index (χ2v) is 3.55. The van der Waals surface area contributed by atoms with Crippen molar-refractivity contribution in [2.45, 2.75) is 24.9 Å². The molecule has 2 aliphatic heterocycles. The normalized spacial score (nSPS) is 28.4. The van der Waals surface area contributed by atoms with Crippen molar-refractivity contribution in [3.05, 3.63) is 0 Å². The van der Waals surface area contributed by atoms with Crippen LogP contribution in [0.1, 0.15) is 12.8 Å². The molecular weight excluding hydrogens is 138 g/mol. The fourth-order valence-corrected chi connectivity index (χ4v) is 1.73. The van der Waals surface area contributed by atoms with Crippen LogP contribution in [0.5, 0.6) is 0 Å². The van der Waals surface area contributed by atoms with E-state index in [1.165, 1.54) is 39.0 Å². The highest BCUT2D eigenvalue weighted by molar-refractivity contribution is 4.86. The molecule has 0 bridgehead atoms. The van der Waals surface area contributed by atoms with E-state index < -0.39 is 0 Å². The van der Waals surface area contributed by atoms with E-state index >= 15 is 0 Å². The van der Waals surface area contributed by atoms with Crippen molar-refractivity contribution in [1.82, 2.24) is 16.0 Å². The van der Waals surface area contributed by atoms with Gasteiger partial charge in [0.05, 0.1) is 0 Å². The summed E-state index contributed by atoms with van der Waals surface area (Å²) in [7, 11) is 0. The molecule has 0 spiro atoms. The molecule has 2 saturated heterocycles. The molecule has 2 heterocycles. The minimum absolute atomic E-state index is 0.762. The number of hydrogen-bond donors (Lipinski definition) is 3. The highest BCUT2D eigenvalue weighted by atomic mass is 15.1. The molecule has 64 valence electrons. The SMILES string of the molecule is C1CC(NC2CNC2)CCN1. The summed E-state index contributed by atoms with van der Waals surface area (Å²) < 4.78 is 0. The predicted octanol–water partition coefficient (Wildman–Crippen LogP) is -0.700. The monoisotopic (exact) mass is 155 g/mol. The Morgan fingerprint density at radius 2 is 1.64 bits per heavy atom. The summed E-state index contributed by atoms with van der Waals surface area (Å²) in [6.45, 7) is 4.73. The maximum Gasteiger partial charge on any atom is 0.0319 e. The largest absolute Gasteiger partial charge is 0.317 e. The smallest absolute Gasteiger partial charge is 0.0319 e. The van der Waals surface area contributed by atoms with Crippen molar-refractivity contribution in [2.24, 2.45) is 0 Å². The van der Waals surface area contributed by atoms with E-state index in [1.54, 1.807) is 0 Å². The number of nitrogens with one attached hydrogen (secondary N) is 3. The van der Waals surface area contributed by atoms with Gasteiger partial charge in [-0.2, -0.15) is 0 Å². The first-order valence-corrected chi connectivity index (χ1v) is 4.62. The van der Waals surface area contributed by atoms with Gasteiger partial charge in [0.1, 0.15) is 0 Å². The molecule has 0 aromatic heterocycles. The van der Waals surface area contributed by atoms with Gasteiger partial charge in [-0.1, -0.05) is 0 Å². The zero-order valence-electron chi connectivity index (χ0n) is 6.90. The molecule has 2 rings (SSSR count). The van der Waals surface area contributed by atoms with Crippen LogP contribution in [-0.4, -0.2) is 38.3 Å². The van der Waals surface area contributed by atoms with Crippen molar-refractivity contribution < 1.29 is 0 Å². The second-order valence-electron chi connectivity index (χ2n) is 3.55. The first-order valence-electron chi connectivity index (χ1n) is 4.62. The van der Waals surface area contributed by atoms with Gasteiger partial charge in [-0.3, -0.25) is 0 Å². The highest BCUT2D eigenvalue weighted by Gasteiger charge is 2.21. The van der Waals surface area contributed by atoms with Crippen molar-refractivity contribution in [3.63, 3.8) is 0 Å². The Kier molecular flexibility index (Phi) is 2.41. The van der Waals surface area contributed by atoms with Gasteiger partial charge < -0.3 is 16.0 Å². The van der Waals surface area contributed by atoms with Crippen molar-refractivity contribution in [1.29, 1.82) is 0 Å². The van der Waals surface area contributed by atoms with Crippen molar-refractivity contribution in [3.8, 4) is 0 Å². The van der Waals surface area contributed by atoms with Crippen molar-refractivity contribution in [2.75, 3.05) is 26.2 Å². The third-order valence-electron chi connectivity index (χ3n) is 2.59. The maximum absolute atomic E-state index is 3.65. The fraction of sp³-hybridized carbons (Fsp3) is 1.00. The van der Waals surface area contributed by atoms with E-state index in [0.717, 1.165) is 12.1 Å². The molecule has 0 aromatic carbocycles. The quantitative estimate of drug-likeness (QED) is 0.493. The lowest BCUT2D eigenvalue weighted by Gasteiger charge is -2.34. The molecule has 2 fully saturated rings. The van der Waals surface area contributed by atoms with Crippen LogP contribution >= 0.6 is 0 Å². The molecule has 0 amide bonds. The zero-order chi connectivity index (χ0) is 7.52. The Bertz CT molecular complexity index is 117. The van der Waals surface area contributed by atoms with Gasteiger partial charge in [0.2, 0.25) is 0 Å². The molecule has 0 saturated carbocycles. The summed E-state index contributed by atoms with van der Waals surface area (Å²) in [6, 6.07) is 1.54. The van der Waals surface area contributed by atoms with E-state index in [9.17, 15) is 0 Å². The van der Waals surface area contributed by atoms with Crippen LogP contribution in [0.15, 0.2) is 0 Å². The summed E-state index contributed by atoms with van der Waals surface area (Å²) >= 11 is 0. The van der Waals surface area contributed by atoms with Crippen LogP contribution in [0.25, 0.3) is 0 Å². The lowest BCUT2D eigenvalue weighted by Crippen LogP contribution is -2.59. The number of hydrogen-bond acceptors (Lipinski definition) is 3. The molecule has 2 aliphatic rings. The Morgan fingerprint density at radius 1 is 0.909 bits per heavy atom. The average Bonchev–Trinajstić information content (AvgIpc) is 1.99. The molecular formula is C8H17N3. The lowest BCUT2D eigenvalue weighted by atomic mass is 10.0. The summed E-state index contributed by atoms with van der Waals surface area (Å²) in [5.74, 6) is 0. The minimum Gasteiger partial charge on any atom is -0.317 e. The van der Waals surface area contributed by atoms with Crippen LogP contribution in [0.4, 0.5) is 0 Å². The zero-order valence-corrected chi connectivity index (χ0v) is 6.90. The third kappa shape index (κ3) is 1.92. The van der Waals surface area contributed by atoms with Gasteiger partial charge in [-0.15, -0.1) is 0 Å². The fourth-order valence-electron chi connectivity index (χ4n) is 1.73. The standard InChI is InChI=1S/C8H17N3/c1-3-9-4-2-7(1)11-8-5-10-6-8/h7-11H,1-6H2. The Balaban J connectivity index is 1.67.